The van der Waals surface area contributed by atoms with Gasteiger partial charge in [-0.05, 0) is 36.1 Å². The first-order valence-electron chi connectivity index (χ1n) is 7.64. The molecule has 0 fully saturated rings. The molecule has 0 saturated carbocycles. The minimum atomic E-state index is -0.517. The average Bonchev–Trinajstić information content (AvgIpc) is 2.58. The predicted octanol–water partition coefficient (Wildman–Crippen LogP) is 4.13. The van der Waals surface area contributed by atoms with Gasteiger partial charge in [0.15, 0.2) is 0 Å². The summed E-state index contributed by atoms with van der Waals surface area (Å²) in [7, 11) is 0. The van der Waals surface area contributed by atoms with Crippen LogP contribution < -0.4 is 4.74 Å². The molecular formula is C18H23NO2S. The highest BCUT2D eigenvalue weighted by Gasteiger charge is 2.12. The predicted molar refractivity (Wildman–Crippen MR) is 91.6 cm³/mol. The van der Waals surface area contributed by atoms with E-state index >= 15 is 0 Å². The van der Waals surface area contributed by atoms with E-state index in [0.29, 0.717) is 18.3 Å². The monoisotopic (exact) mass is 317 g/mol. The van der Waals surface area contributed by atoms with Gasteiger partial charge in [0.25, 0.3) is 0 Å². The Kier molecular flexibility index (Phi) is 6.74. The molecule has 2 rings (SSSR count). The van der Waals surface area contributed by atoms with Crippen LogP contribution in [0.25, 0.3) is 0 Å². The quantitative estimate of drug-likeness (QED) is 0.744. The zero-order valence-corrected chi connectivity index (χ0v) is 13.9. The minimum absolute atomic E-state index is 0.299. The number of rotatable bonds is 8. The summed E-state index contributed by atoms with van der Waals surface area (Å²) in [5.41, 5.74) is 1.20. The Hall–Kier alpha value is -1.52. The Bertz CT molecular complexity index is 562. The van der Waals surface area contributed by atoms with Crippen LogP contribution in [-0.4, -0.2) is 28.6 Å². The third kappa shape index (κ3) is 5.04. The molecule has 0 bridgehead atoms. The van der Waals surface area contributed by atoms with Crippen molar-refractivity contribution in [3.63, 3.8) is 0 Å². The molecule has 0 unspecified atom stereocenters. The first kappa shape index (κ1) is 16.8. The lowest BCUT2D eigenvalue weighted by molar-refractivity contribution is 0.125. The number of benzene rings is 1. The van der Waals surface area contributed by atoms with Crippen molar-refractivity contribution in [2.45, 2.75) is 37.3 Å². The highest BCUT2D eigenvalue weighted by Crippen LogP contribution is 2.28. The van der Waals surface area contributed by atoms with Gasteiger partial charge in [-0.15, -0.1) is 11.8 Å². The van der Waals surface area contributed by atoms with Crippen LogP contribution >= 0.6 is 11.8 Å². The molecule has 0 aliphatic heterocycles. The Morgan fingerprint density at radius 2 is 1.95 bits per heavy atom. The van der Waals surface area contributed by atoms with Crippen LogP contribution in [0.5, 0.6) is 5.75 Å². The van der Waals surface area contributed by atoms with Gasteiger partial charge in [0.05, 0.1) is 11.1 Å². The van der Waals surface area contributed by atoms with E-state index in [2.05, 4.69) is 24.9 Å². The van der Waals surface area contributed by atoms with Crippen molar-refractivity contribution in [2.24, 2.45) is 0 Å². The largest absolute Gasteiger partial charge is 0.491 e. The highest BCUT2D eigenvalue weighted by molar-refractivity contribution is 7.99. The maximum absolute atomic E-state index is 10.1. The Morgan fingerprint density at radius 3 is 2.68 bits per heavy atom. The zero-order valence-electron chi connectivity index (χ0n) is 13.1. The third-order valence-corrected chi connectivity index (χ3v) is 4.64. The molecule has 2 atom stereocenters. The number of hydrogen-bond donors (Lipinski definition) is 1. The molecule has 1 aromatic heterocycles. The summed E-state index contributed by atoms with van der Waals surface area (Å²) in [4.78, 5) is 4.23. The topological polar surface area (TPSA) is 42.4 Å². The maximum Gasteiger partial charge on any atom is 0.122 e. The van der Waals surface area contributed by atoms with Crippen molar-refractivity contribution in [1.29, 1.82) is 0 Å². The van der Waals surface area contributed by atoms with E-state index in [4.69, 9.17) is 4.74 Å². The maximum atomic E-state index is 10.1. The van der Waals surface area contributed by atoms with Crippen LogP contribution in [0.2, 0.25) is 0 Å². The fourth-order valence-electron chi connectivity index (χ4n) is 2.09. The summed E-state index contributed by atoms with van der Waals surface area (Å²) in [6.45, 7) is 4.66. The van der Waals surface area contributed by atoms with Crippen molar-refractivity contribution in [3.8, 4) is 5.75 Å². The molecule has 0 amide bonds. The van der Waals surface area contributed by atoms with Crippen LogP contribution in [0.3, 0.4) is 0 Å². The molecule has 1 heterocycles. The van der Waals surface area contributed by atoms with Crippen molar-refractivity contribution in [3.05, 3.63) is 54.2 Å². The number of ether oxygens (including phenoxy) is 1. The van der Waals surface area contributed by atoms with Crippen molar-refractivity contribution in [1.82, 2.24) is 4.98 Å². The molecular weight excluding hydrogens is 294 g/mol. The highest BCUT2D eigenvalue weighted by atomic mass is 32.2. The second-order valence-corrected chi connectivity index (χ2v) is 6.33. The first-order chi connectivity index (χ1) is 10.7. The van der Waals surface area contributed by atoms with E-state index in [1.165, 1.54) is 17.3 Å². The van der Waals surface area contributed by atoms with Gasteiger partial charge < -0.3 is 9.84 Å². The Labute approximate surface area is 136 Å². The van der Waals surface area contributed by atoms with Gasteiger partial charge in [-0.1, -0.05) is 38.1 Å². The van der Waals surface area contributed by atoms with E-state index < -0.39 is 6.10 Å². The molecule has 1 aromatic carbocycles. The van der Waals surface area contributed by atoms with Gasteiger partial charge in [-0.3, -0.25) is 0 Å². The van der Waals surface area contributed by atoms with E-state index in [1.807, 2.05) is 36.4 Å². The molecule has 118 valence electrons. The normalized spacial score (nSPS) is 13.6. The average molecular weight is 317 g/mol. The summed E-state index contributed by atoms with van der Waals surface area (Å²) in [5, 5.41) is 11.0. The van der Waals surface area contributed by atoms with Gasteiger partial charge >= 0.3 is 0 Å². The molecule has 2 aromatic rings. The van der Waals surface area contributed by atoms with E-state index in [0.717, 1.165) is 17.2 Å². The second-order valence-electron chi connectivity index (χ2n) is 5.29. The molecule has 0 spiro atoms. The van der Waals surface area contributed by atoms with Crippen LogP contribution in [0.4, 0.5) is 0 Å². The molecule has 0 saturated heterocycles. The van der Waals surface area contributed by atoms with Crippen molar-refractivity contribution < 1.29 is 9.84 Å². The molecule has 0 aliphatic rings. The van der Waals surface area contributed by atoms with Crippen LogP contribution in [0, 0.1) is 0 Å². The molecule has 3 nitrogen and oxygen atoms in total. The lowest BCUT2D eigenvalue weighted by Crippen LogP contribution is -2.20. The number of nitrogens with zero attached hydrogens (tertiary/aromatic N) is 1. The van der Waals surface area contributed by atoms with Crippen molar-refractivity contribution >= 4 is 11.8 Å². The smallest absolute Gasteiger partial charge is 0.122 e. The number of aliphatic hydroxyl groups excluding tert-OH is 1. The van der Waals surface area contributed by atoms with Crippen molar-refractivity contribution in [2.75, 3.05) is 12.4 Å². The van der Waals surface area contributed by atoms with Crippen LogP contribution in [-0.2, 0) is 0 Å². The Morgan fingerprint density at radius 1 is 1.18 bits per heavy atom. The summed E-state index contributed by atoms with van der Waals surface area (Å²) in [6, 6.07) is 13.8. The van der Waals surface area contributed by atoms with Gasteiger partial charge in [0, 0.05) is 11.9 Å². The molecule has 1 N–H and O–H groups in total. The summed E-state index contributed by atoms with van der Waals surface area (Å²) in [6.07, 6.45) is 2.31. The fraction of sp³-hybridized carbons (Fsp3) is 0.389. The number of para-hydroxylation sites is 1. The summed E-state index contributed by atoms with van der Waals surface area (Å²) in [5.74, 6) is 1.90. The number of pyridine rings is 1. The van der Waals surface area contributed by atoms with E-state index in [-0.39, 0.29) is 0 Å². The van der Waals surface area contributed by atoms with Crippen LogP contribution in [0.1, 0.15) is 31.7 Å². The van der Waals surface area contributed by atoms with Gasteiger partial charge in [0.2, 0.25) is 0 Å². The van der Waals surface area contributed by atoms with E-state index in [9.17, 15) is 5.11 Å². The zero-order chi connectivity index (χ0) is 15.8. The fourth-order valence-corrected chi connectivity index (χ4v) is 2.86. The third-order valence-electron chi connectivity index (χ3n) is 3.55. The standard InChI is InChI=1S/C18H23NO2S/c1-3-14(2)16-8-4-5-9-17(16)21-12-15(20)13-22-18-10-6-7-11-19-18/h4-11,14-15,20H,3,12-13H2,1-2H3/t14-,15+/m0/s1. The number of hydrogen-bond acceptors (Lipinski definition) is 4. The first-order valence-corrected chi connectivity index (χ1v) is 8.63. The molecule has 0 radical (unpaired) electrons. The molecule has 4 heteroatoms. The SMILES string of the molecule is CC[C@H](C)c1ccccc1OC[C@@H](O)CSc1ccccn1. The molecule has 0 aliphatic carbocycles. The van der Waals surface area contributed by atoms with Crippen LogP contribution in [0.15, 0.2) is 53.7 Å². The molecule has 22 heavy (non-hydrogen) atoms. The second kappa shape index (κ2) is 8.81. The minimum Gasteiger partial charge on any atom is -0.491 e. The van der Waals surface area contributed by atoms with Gasteiger partial charge in [-0.2, -0.15) is 0 Å². The summed E-state index contributed by atoms with van der Waals surface area (Å²) >= 11 is 1.54. The van der Waals surface area contributed by atoms with E-state index in [1.54, 1.807) is 6.20 Å². The number of aromatic nitrogens is 1. The lowest BCUT2D eigenvalue weighted by Gasteiger charge is -2.17. The Balaban J connectivity index is 1.85. The summed E-state index contributed by atoms with van der Waals surface area (Å²) < 4.78 is 5.83. The van der Waals surface area contributed by atoms with Gasteiger partial charge in [-0.25, -0.2) is 4.98 Å². The van der Waals surface area contributed by atoms with Gasteiger partial charge in [0.1, 0.15) is 12.4 Å². The number of aliphatic hydroxyl groups is 1. The number of thioether (sulfide) groups is 1. The lowest BCUT2D eigenvalue weighted by atomic mass is 9.98.